The van der Waals surface area contributed by atoms with Crippen molar-refractivity contribution in [3.05, 3.63) is 26.6 Å². The molecule has 1 N–H and O–H groups in total. The first-order valence-corrected chi connectivity index (χ1v) is 8.30. The number of hydrogen-bond donors (Lipinski definition) is 1. The lowest BCUT2D eigenvalue weighted by molar-refractivity contribution is -0.136. The summed E-state index contributed by atoms with van der Waals surface area (Å²) in [6, 6.07) is 3.82. The molecule has 0 radical (unpaired) electrons. The van der Waals surface area contributed by atoms with Gasteiger partial charge in [0.1, 0.15) is 5.75 Å². The average Bonchev–Trinajstić information content (AvgIpc) is 2.36. The highest BCUT2D eigenvalue weighted by molar-refractivity contribution is 9.11. The number of nitrogens with one attached hydrogen (secondary N) is 1. The maximum atomic E-state index is 12.1. The SMILES string of the molecule is CCCNCc1cc(Br)c(OCCCC(F)(F)F)c(Br)c1. The molecule has 0 fully saturated rings. The van der Waals surface area contributed by atoms with Crippen LogP contribution in [-0.4, -0.2) is 19.3 Å². The Hall–Kier alpha value is -0.270. The monoisotopic (exact) mass is 431 g/mol. The van der Waals surface area contributed by atoms with Crippen molar-refractivity contribution in [1.82, 2.24) is 5.32 Å². The van der Waals surface area contributed by atoms with E-state index in [1.54, 1.807) is 0 Å². The third-order valence-electron chi connectivity index (χ3n) is 2.66. The van der Waals surface area contributed by atoms with Gasteiger partial charge in [-0.2, -0.15) is 13.2 Å². The molecule has 1 aromatic rings. The van der Waals surface area contributed by atoms with E-state index >= 15 is 0 Å². The van der Waals surface area contributed by atoms with Gasteiger partial charge in [-0.15, -0.1) is 0 Å². The maximum absolute atomic E-state index is 12.1. The van der Waals surface area contributed by atoms with Crippen molar-refractivity contribution in [3.8, 4) is 5.75 Å². The number of ether oxygens (including phenoxy) is 1. The zero-order valence-electron chi connectivity index (χ0n) is 11.7. The number of hydrogen-bond acceptors (Lipinski definition) is 2. The molecule has 0 aromatic heterocycles. The first-order valence-electron chi connectivity index (χ1n) is 6.71. The molecule has 0 saturated heterocycles. The molecule has 0 heterocycles. The van der Waals surface area contributed by atoms with E-state index in [9.17, 15) is 13.2 Å². The molecule has 120 valence electrons. The van der Waals surface area contributed by atoms with E-state index < -0.39 is 12.6 Å². The number of halogens is 5. The topological polar surface area (TPSA) is 21.3 Å². The smallest absolute Gasteiger partial charge is 0.389 e. The Morgan fingerprint density at radius 1 is 1.19 bits per heavy atom. The van der Waals surface area contributed by atoms with Crippen LogP contribution in [0.25, 0.3) is 0 Å². The lowest BCUT2D eigenvalue weighted by Crippen LogP contribution is -2.14. The van der Waals surface area contributed by atoms with Gasteiger partial charge in [-0.25, -0.2) is 0 Å². The molecule has 2 nitrogen and oxygen atoms in total. The van der Waals surface area contributed by atoms with Gasteiger partial charge < -0.3 is 10.1 Å². The second kappa shape index (κ2) is 9.00. The van der Waals surface area contributed by atoms with Crippen molar-refractivity contribution in [2.24, 2.45) is 0 Å². The molecule has 0 bridgehead atoms. The molecular formula is C14H18Br2F3NO. The predicted octanol–water partition coefficient (Wildman–Crippen LogP) is 5.43. The highest BCUT2D eigenvalue weighted by atomic mass is 79.9. The summed E-state index contributed by atoms with van der Waals surface area (Å²) in [6.07, 6.45) is -3.96. The lowest BCUT2D eigenvalue weighted by atomic mass is 10.2. The minimum Gasteiger partial charge on any atom is -0.491 e. The van der Waals surface area contributed by atoms with Crippen LogP contribution in [0.15, 0.2) is 21.1 Å². The number of benzene rings is 1. The van der Waals surface area contributed by atoms with Crippen molar-refractivity contribution < 1.29 is 17.9 Å². The molecule has 7 heteroatoms. The molecule has 21 heavy (non-hydrogen) atoms. The summed E-state index contributed by atoms with van der Waals surface area (Å²) in [5, 5.41) is 3.29. The van der Waals surface area contributed by atoms with Crippen molar-refractivity contribution in [2.45, 2.75) is 38.9 Å². The summed E-state index contributed by atoms with van der Waals surface area (Å²) in [7, 11) is 0. The summed E-state index contributed by atoms with van der Waals surface area (Å²) in [4.78, 5) is 0. The zero-order valence-corrected chi connectivity index (χ0v) is 14.9. The van der Waals surface area contributed by atoms with Crippen molar-refractivity contribution in [3.63, 3.8) is 0 Å². The van der Waals surface area contributed by atoms with E-state index in [0.717, 1.165) is 34.0 Å². The second-order valence-electron chi connectivity index (χ2n) is 4.63. The fraction of sp³-hybridized carbons (Fsp3) is 0.571. The van der Waals surface area contributed by atoms with Gasteiger partial charge in [-0.3, -0.25) is 0 Å². The Kier molecular flexibility index (Phi) is 8.05. The summed E-state index contributed by atoms with van der Waals surface area (Å²) < 4.78 is 43.1. The molecule has 0 saturated carbocycles. The van der Waals surface area contributed by atoms with Crippen LogP contribution in [0.2, 0.25) is 0 Å². The van der Waals surface area contributed by atoms with Crippen LogP contribution in [0.5, 0.6) is 5.75 Å². The van der Waals surface area contributed by atoms with E-state index in [1.165, 1.54) is 0 Å². The van der Waals surface area contributed by atoms with Crippen LogP contribution in [0.3, 0.4) is 0 Å². The fourth-order valence-corrected chi connectivity index (χ4v) is 3.22. The Morgan fingerprint density at radius 2 is 1.81 bits per heavy atom. The Labute approximate surface area is 139 Å². The normalized spacial score (nSPS) is 11.7. The minimum absolute atomic E-state index is 0.0319. The molecule has 0 aliphatic carbocycles. The van der Waals surface area contributed by atoms with Crippen molar-refractivity contribution >= 4 is 31.9 Å². The molecular weight excluding hydrogens is 415 g/mol. The third-order valence-corrected chi connectivity index (χ3v) is 3.84. The van der Waals surface area contributed by atoms with Crippen LogP contribution in [0, 0.1) is 0 Å². The van der Waals surface area contributed by atoms with E-state index in [-0.39, 0.29) is 13.0 Å². The second-order valence-corrected chi connectivity index (χ2v) is 6.34. The van der Waals surface area contributed by atoms with Gasteiger partial charge in [0, 0.05) is 13.0 Å². The standard InChI is InChI=1S/C14H18Br2F3NO/c1-2-5-20-9-10-7-11(15)13(12(16)8-10)21-6-3-4-14(17,18)19/h7-8,20H,2-6,9H2,1H3. The first-order chi connectivity index (χ1) is 9.83. The quantitative estimate of drug-likeness (QED) is 0.553. The van der Waals surface area contributed by atoms with Gasteiger partial charge in [0.15, 0.2) is 0 Å². The Balaban J connectivity index is 2.55. The molecule has 0 atom stereocenters. The van der Waals surface area contributed by atoms with Gasteiger partial charge in [0.2, 0.25) is 0 Å². The molecule has 0 amide bonds. The van der Waals surface area contributed by atoms with Crippen LogP contribution in [0.1, 0.15) is 31.7 Å². The van der Waals surface area contributed by atoms with Crippen LogP contribution < -0.4 is 10.1 Å². The van der Waals surface area contributed by atoms with Crippen LogP contribution >= 0.6 is 31.9 Å². The first kappa shape index (κ1) is 18.8. The van der Waals surface area contributed by atoms with Gasteiger partial charge in [0.05, 0.1) is 15.6 Å². The van der Waals surface area contributed by atoms with Gasteiger partial charge in [0.25, 0.3) is 0 Å². The number of rotatable bonds is 8. The molecule has 1 rings (SSSR count). The minimum atomic E-state index is -4.13. The summed E-state index contributed by atoms with van der Waals surface area (Å²) >= 11 is 6.79. The number of alkyl halides is 3. The zero-order chi connectivity index (χ0) is 15.9. The molecule has 0 aliphatic heterocycles. The fourth-order valence-electron chi connectivity index (χ4n) is 1.71. The van der Waals surface area contributed by atoms with E-state index in [1.807, 2.05) is 12.1 Å². The largest absolute Gasteiger partial charge is 0.491 e. The molecule has 0 unspecified atom stereocenters. The molecule has 0 aliphatic rings. The summed E-state index contributed by atoms with van der Waals surface area (Å²) in [5.74, 6) is 0.538. The Bertz CT molecular complexity index is 429. The highest BCUT2D eigenvalue weighted by Crippen LogP contribution is 2.35. The average molecular weight is 433 g/mol. The summed E-state index contributed by atoms with van der Waals surface area (Å²) in [6.45, 7) is 3.80. The van der Waals surface area contributed by atoms with Gasteiger partial charge in [-0.05, 0) is 68.9 Å². The Morgan fingerprint density at radius 3 is 2.33 bits per heavy atom. The lowest BCUT2D eigenvalue weighted by Gasteiger charge is -2.13. The van der Waals surface area contributed by atoms with Crippen LogP contribution in [0.4, 0.5) is 13.2 Å². The third kappa shape index (κ3) is 7.51. The predicted molar refractivity (Wildman–Crippen MR) is 84.6 cm³/mol. The maximum Gasteiger partial charge on any atom is 0.389 e. The van der Waals surface area contributed by atoms with E-state index in [4.69, 9.17) is 4.74 Å². The van der Waals surface area contributed by atoms with E-state index in [2.05, 4.69) is 44.1 Å². The molecule has 1 aromatic carbocycles. The van der Waals surface area contributed by atoms with Gasteiger partial charge >= 0.3 is 6.18 Å². The van der Waals surface area contributed by atoms with E-state index in [0.29, 0.717) is 5.75 Å². The molecule has 0 spiro atoms. The summed E-state index contributed by atoms with van der Waals surface area (Å²) in [5.41, 5.74) is 1.07. The van der Waals surface area contributed by atoms with Crippen molar-refractivity contribution in [1.29, 1.82) is 0 Å². The van der Waals surface area contributed by atoms with Crippen molar-refractivity contribution in [2.75, 3.05) is 13.2 Å². The van der Waals surface area contributed by atoms with Gasteiger partial charge in [-0.1, -0.05) is 6.92 Å². The van der Waals surface area contributed by atoms with Crippen LogP contribution in [-0.2, 0) is 6.54 Å². The highest BCUT2D eigenvalue weighted by Gasteiger charge is 2.26.